The molecule has 108 valence electrons. The van der Waals surface area contributed by atoms with Crippen LogP contribution in [0.2, 0.25) is 0 Å². The van der Waals surface area contributed by atoms with Crippen LogP contribution < -0.4 is 5.32 Å². The molecule has 0 radical (unpaired) electrons. The first-order valence-electron chi connectivity index (χ1n) is 7.51. The summed E-state index contributed by atoms with van der Waals surface area (Å²) in [5, 5.41) is 4.65. The minimum Gasteiger partial charge on any atom is -0.312 e. The van der Waals surface area contributed by atoms with Crippen molar-refractivity contribution in [2.75, 3.05) is 6.54 Å². The fourth-order valence-electron chi connectivity index (χ4n) is 2.15. The van der Waals surface area contributed by atoms with E-state index in [0.29, 0.717) is 0 Å². The Morgan fingerprint density at radius 3 is 2.50 bits per heavy atom. The molecule has 3 heteroatoms. The van der Waals surface area contributed by atoms with Crippen LogP contribution in [-0.2, 0) is 13.0 Å². The van der Waals surface area contributed by atoms with E-state index in [1.807, 2.05) is 11.3 Å². The second kappa shape index (κ2) is 7.55. The fourth-order valence-corrected chi connectivity index (χ4v) is 3.23. The lowest BCUT2D eigenvalue weighted by molar-refractivity contribution is 0.674. The van der Waals surface area contributed by atoms with E-state index in [2.05, 4.69) is 50.4 Å². The molecule has 2 rings (SSSR count). The smallest absolute Gasteiger partial charge is 0.123 e. The quantitative estimate of drug-likeness (QED) is 0.755. The van der Waals surface area contributed by atoms with Gasteiger partial charge in [0.25, 0.3) is 0 Å². The number of hydrogen-bond acceptors (Lipinski definition) is 3. The predicted octanol–water partition coefficient (Wildman–Crippen LogP) is 4.57. The van der Waals surface area contributed by atoms with E-state index in [1.54, 1.807) is 0 Å². The van der Waals surface area contributed by atoms with E-state index in [-0.39, 0.29) is 0 Å². The van der Waals surface area contributed by atoms with E-state index < -0.39 is 0 Å². The molecule has 0 bridgehead atoms. The Labute approximate surface area is 126 Å². The Balaban J connectivity index is 2.21. The third-order valence-corrected chi connectivity index (χ3v) is 4.42. The van der Waals surface area contributed by atoms with Gasteiger partial charge in [-0.2, -0.15) is 0 Å². The number of aryl methyl sites for hydroxylation is 2. The Kier molecular flexibility index (Phi) is 5.74. The summed E-state index contributed by atoms with van der Waals surface area (Å²) >= 11 is 1.84. The third-order valence-electron chi connectivity index (χ3n) is 3.28. The summed E-state index contributed by atoms with van der Waals surface area (Å²) in [6, 6.07) is 8.66. The summed E-state index contributed by atoms with van der Waals surface area (Å²) in [6.07, 6.45) is 3.40. The van der Waals surface area contributed by atoms with Crippen molar-refractivity contribution >= 4 is 11.3 Å². The molecule has 1 aromatic heterocycles. The van der Waals surface area contributed by atoms with Crippen LogP contribution in [0, 0.1) is 6.92 Å². The van der Waals surface area contributed by atoms with Crippen LogP contribution in [0.1, 0.15) is 42.8 Å². The Bertz CT molecular complexity index is 528. The molecule has 0 saturated carbocycles. The van der Waals surface area contributed by atoms with E-state index in [0.717, 1.165) is 30.9 Å². The van der Waals surface area contributed by atoms with E-state index in [1.165, 1.54) is 28.1 Å². The summed E-state index contributed by atoms with van der Waals surface area (Å²) in [7, 11) is 0. The molecular weight excluding hydrogens is 264 g/mol. The second-order valence-corrected chi connectivity index (χ2v) is 6.27. The molecule has 1 heterocycles. The molecule has 0 aliphatic rings. The maximum absolute atomic E-state index is 4.86. The van der Waals surface area contributed by atoms with Crippen LogP contribution in [0.25, 0.3) is 10.6 Å². The van der Waals surface area contributed by atoms with Crippen LogP contribution in [-0.4, -0.2) is 11.5 Å². The molecular formula is C17H24N2S. The number of nitrogens with zero attached hydrogens (tertiary/aromatic N) is 1. The maximum atomic E-state index is 4.86. The summed E-state index contributed by atoms with van der Waals surface area (Å²) in [6.45, 7) is 8.56. The van der Waals surface area contributed by atoms with Crippen LogP contribution in [0.15, 0.2) is 24.3 Å². The molecule has 0 amide bonds. The number of rotatable bonds is 7. The number of benzene rings is 1. The topological polar surface area (TPSA) is 24.9 Å². The van der Waals surface area contributed by atoms with Crippen molar-refractivity contribution in [3.05, 3.63) is 40.4 Å². The summed E-state index contributed by atoms with van der Waals surface area (Å²) in [5.41, 5.74) is 3.81. The van der Waals surface area contributed by atoms with Crippen molar-refractivity contribution in [3.8, 4) is 10.6 Å². The summed E-state index contributed by atoms with van der Waals surface area (Å²) < 4.78 is 0. The lowest BCUT2D eigenvalue weighted by Gasteiger charge is -2.02. The average Bonchev–Trinajstić information content (AvgIpc) is 2.84. The van der Waals surface area contributed by atoms with Crippen molar-refractivity contribution < 1.29 is 0 Å². The van der Waals surface area contributed by atoms with Crippen LogP contribution in [0.3, 0.4) is 0 Å². The summed E-state index contributed by atoms with van der Waals surface area (Å²) in [5.74, 6) is 0. The molecule has 2 aromatic rings. The van der Waals surface area contributed by atoms with Crippen LogP contribution in [0.5, 0.6) is 0 Å². The summed E-state index contributed by atoms with van der Waals surface area (Å²) in [4.78, 5) is 6.26. The highest BCUT2D eigenvalue weighted by atomic mass is 32.1. The van der Waals surface area contributed by atoms with Gasteiger partial charge in [0.1, 0.15) is 5.01 Å². The van der Waals surface area contributed by atoms with Crippen molar-refractivity contribution in [2.24, 2.45) is 0 Å². The van der Waals surface area contributed by atoms with E-state index >= 15 is 0 Å². The first-order chi connectivity index (χ1) is 9.74. The highest BCUT2D eigenvalue weighted by molar-refractivity contribution is 7.15. The Hall–Kier alpha value is -1.19. The van der Waals surface area contributed by atoms with Gasteiger partial charge < -0.3 is 5.32 Å². The normalized spacial score (nSPS) is 10.9. The number of hydrogen-bond donors (Lipinski definition) is 1. The molecule has 2 nitrogen and oxygen atoms in total. The molecule has 0 aliphatic carbocycles. The minimum atomic E-state index is 0.951. The lowest BCUT2D eigenvalue weighted by Crippen LogP contribution is -2.13. The Morgan fingerprint density at radius 1 is 1.10 bits per heavy atom. The number of nitrogens with one attached hydrogen (secondary N) is 1. The van der Waals surface area contributed by atoms with Crippen molar-refractivity contribution in [3.63, 3.8) is 0 Å². The molecule has 1 aromatic carbocycles. The van der Waals surface area contributed by atoms with Gasteiger partial charge in [-0.1, -0.05) is 50.1 Å². The van der Waals surface area contributed by atoms with Gasteiger partial charge in [0.15, 0.2) is 0 Å². The van der Waals surface area contributed by atoms with Crippen molar-refractivity contribution in [2.45, 2.75) is 46.6 Å². The zero-order valence-corrected chi connectivity index (χ0v) is 13.5. The number of aromatic nitrogens is 1. The van der Waals surface area contributed by atoms with Crippen LogP contribution in [0.4, 0.5) is 0 Å². The molecule has 0 unspecified atom stereocenters. The third kappa shape index (κ3) is 3.90. The minimum absolute atomic E-state index is 0.951. The second-order valence-electron chi connectivity index (χ2n) is 5.18. The van der Waals surface area contributed by atoms with Gasteiger partial charge in [0, 0.05) is 17.0 Å². The average molecular weight is 288 g/mol. The first kappa shape index (κ1) is 15.2. The largest absolute Gasteiger partial charge is 0.312 e. The Morgan fingerprint density at radius 2 is 1.85 bits per heavy atom. The van der Waals surface area contributed by atoms with E-state index in [4.69, 9.17) is 4.98 Å². The fraction of sp³-hybridized carbons (Fsp3) is 0.471. The molecule has 0 aliphatic heterocycles. The van der Waals surface area contributed by atoms with Gasteiger partial charge in [-0.05, 0) is 26.3 Å². The van der Waals surface area contributed by atoms with Crippen molar-refractivity contribution in [1.29, 1.82) is 0 Å². The van der Waals surface area contributed by atoms with Crippen molar-refractivity contribution in [1.82, 2.24) is 10.3 Å². The number of thiazole rings is 1. The maximum Gasteiger partial charge on any atom is 0.123 e. The standard InChI is InChI=1S/C17H24N2S/c1-4-6-15-16(12-18-11-5-2)20-17(19-15)14-9-7-13(3)8-10-14/h7-10,18H,4-6,11-12H2,1-3H3. The van der Waals surface area contributed by atoms with Gasteiger partial charge in [0.05, 0.1) is 5.69 Å². The molecule has 0 spiro atoms. The molecule has 1 N–H and O–H groups in total. The SMILES string of the molecule is CCCNCc1sc(-c2ccc(C)cc2)nc1CCC. The van der Waals surface area contributed by atoms with Gasteiger partial charge in [-0.15, -0.1) is 11.3 Å². The van der Waals surface area contributed by atoms with Gasteiger partial charge >= 0.3 is 0 Å². The zero-order chi connectivity index (χ0) is 14.4. The highest BCUT2D eigenvalue weighted by Gasteiger charge is 2.11. The van der Waals surface area contributed by atoms with Gasteiger partial charge in [-0.25, -0.2) is 4.98 Å². The first-order valence-corrected chi connectivity index (χ1v) is 8.32. The van der Waals surface area contributed by atoms with Gasteiger partial charge in [-0.3, -0.25) is 0 Å². The monoisotopic (exact) mass is 288 g/mol. The molecule has 0 atom stereocenters. The molecule has 20 heavy (non-hydrogen) atoms. The van der Waals surface area contributed by atoms with E-state index in [9.17, 15) is 0 Å². The van der Waals surface area contributed by atoms with Gasteiger partial charge in [0.2, 0.25) is 0 Å². The molecule has 0 saturated heterocycles. The predicted molar refractivity (Wildman–Crippen MR) is 88.3 cm³/mol. The zero-order valence-electron chi connectivity index (χ0n) is 12.7. The van der Waals surface area contributed by atoms with Crippen LogP contribution >= 0.6 is 11.3 Å². The molecule has 0 fully saturated rings. The lowest BCUT2D eigenvalue weighted by atomic mass is 10.1. The highest BCUT2D eigenvalue weighted by Crippen LogP contribution is 2.29.